The van der Waals surface area contributed by atoms with E-state index in [4.69, 9.17) is 21.6 Å². The molecule has 1 aromatic rings. The van der Waals surface area contributed by atoms with Crippen LogP contribution in [0.2, 0.25) is 5.02 Å². The molecule has 0 fully saturated rings. The van der Waals surface area contributed by atoms with Gasteiger partial charge in [0.1, 0.15) is 11.8 Å². The van der Waals surface area contributed by atoms with Crippen molar-refractivity contribution in [3.63, 3.8) is 0 Å². The third kappa shape index (κ3) is 2.34. The van der Waals surface area contributed by atoms with Crippen molar-refractivity contribution < 1.29 is 4.74 Å². The highest BCUT2D eigenvalue weighted by Crippen LogP contribution is 2.27. The molecule has 17 heavy (non-hydrogen) atoms. The predicted octanol–water partition coefficient (Wildman–Crippen LogP) is 2.43. The van der Waals surface area contributed by atoms with Crippen molar-refractivity contribution in [2.45, 2.75) is 19.5 Å². The summed E-state index contributed by atoms with van der Waals surface area (Å²) < 4.78 is 5.64. The topological polar surface area (TPSA) is 48.6 Å². The normalized spacial score (nSPS) is 15.1. The van der Waals surface area contributed by atoms with Crippen LogP contribution in [0.25, 0.3) is 0 Å². The first-order chi connectivity index (χ1) is 8.11. The Morgan fingerprint density at radius 1 is 1.59 bits per heavy atom. The lowest BCUT2D eigenvalue weighted by Gasteiger charge is -2.26. The van der Waals surface area contributed by atoms with E-state index in [9.17, 15) is 0 Å². The summed E-state index contributed by atoms with van der Waals surface area (Å²) in [4.78, 5) is 6.00. The lowest BCUT2D eigenvalue weighted by Crippen LogP contribution is -2.38. The molecule has 0 amide bonds. The number of aliphatic imine (C=N–C) groups is 1. The fraction of sp³-hybridized carbons (Fsp3) is 0.333. The van der Waals surface area contributed by atoms with E-state index in [0.29, 0.717) is 17.6 Å². The standard InChI is InChI=1S/C12H12ClN3O/c1-8(6-14)16(2)12-15-7-9-5-10(13)3-4-11(9)17-12/h3-5,8H,7H2,1-2H3. The quantitative estimate of drug-likeness (QED) is 0.768. The molecule has 1 atom stereocenters. The Kier molecular flexibility index (Phi) is 3.21. The monoisotopic (exact) mass is 249 g/mol. The Hall–Kier alpha value is -1.73. The molecular formula is C12H12ClN3O. The lowest BCUT2D eigenvalue weighted by atomic mass is 10.2. The van der Waals surface area contributed by atoms with Crippen LogP contribution in [0.4, 0.5) is 0 Å². The van der Waals surface area contributed by atoms with E-state index in [1.54, 1.807) is 24.9 Å². The molecule has 2 rings (SSSR count). The van der Waals surface area contributed by atoms with E-state index in [0.717, 1.165) is 11.3 Å². The van der Waals surface area contributed by atoms with E-state index in [1.807, 2.05) is 12.1 Å². The largest absolute Gasteiger partial charge is 0.426 e. The summed E-state index contributed by atoms with van der Waals surface area (Å²) in [5.74, 6) is 0.747. The number of ether oxygens (including phenoxy) is 1. The summed E-state index contributed by atoms with van der Waals surface area (Å²) in [6, 6.07) is 7.76. The highest BCUT2D eigenvalue weighted by atomic mass is 35.5. The van der Waals surface area contributed by atoms with Crippen molar-refractivity contribution in [3.8, 4) is 11.8 Å². The molecule has 5 heteroatoms. The van der Waals surface area contributed by atoms with Gasteiger partial charge in [-0.25, -0.2) is 4.99 Å². The Labute approximate surface area is 105 Å². The third-order valence-corrected chi connectivity index (χ3v) is 2.91. The van der Waals surface area contributed by atoms with E-state index < -0.39 is 0 Å². The summed E-state index contributed by atoms with van der Waals surface area (Å²) >= 11 is 5.89. The number of fused-ring (bicyclic) bond motifs is 1. The maximum atomic E-state index is 8.85. The Morgan fingerprint density at radius 3 is 3.06 bits per heavy atom. The van der Waals surface area contributed by atoms with Gasteiger partial charge in [-0.2, -0.15) is 5.26 Å². The van der Waals surface area contributed by atoms with E-state index in [1.165, 1.54) is 0 Å². The Morgan fingerprint density at radius 2 is 2.35 bits per heavy atom. The number of nitriles is 1. The molecule has 1 unspecified atom stereocenters. The first-order valence-electron chi connectivity index (χ1n) is 5.25. The molecule has 1 heterocycles. The van der Waals surface area contributed by atoms with Gasteiger partial charge in [-0.1, -0.05) is 11.6 Å². The van der Waals surface area contributed by atoms with Gasteiger partial charge in [-0.3, -0.25) is 0 Å². The number of hydrogen-bond donors (Lipinski definition) is 0. The van der Waals surface area contributed by atoms with Crippen LogP contribution in [-0.4, -0.2) is 24.0 Å². The van der Waals surface area contributed by atoms with Gasteiger partial charge in [0.2, 0.25) is 0 Å². The van der Waals surface area contributed by atoms with E-state index >= 15 is 0 Å². The maximum absolute atomic E-state index is 8.85. The van der Waals surface area contributed by atoms with Crippen LogP contribution in [-0.2, 0) is 6.54 Å². The van der Waals surface area contributed by atoms with Gasteiger partial charge in [-0.05, 0) is 25.1 Å². The minimum absolute atomic E-state index is 0.275. The van der Waals surface area contributed by atoms with Crippen LogP contribution in [0.5, 0.6) is 5.75 Å². The van der Waals surface area contributed by atoms with Gasteiger partial charge in [0.25, 0.3) is 6.02 Å². The summed E-state index contributed by atoms with van der Waals surface area (Å²) in [6.07, 6.45) is 0. The lowest BCUT2D eigenvalue weighted by molar-refractivity contribution is 0.351. The average molecular weight is 250 g/mol. The Bertz CT molecular complexity index is 507. The van der Waals surface area contributed by atoms with Crippen molar-refractivity contribution in [2.75, 3.05) is 7.05 Å². The fourth-order valence-corrected chi connectivity index (χ4v) is 1.69. The highest BCUT2D eigenvalue weighted by Gasteiger charge is 2.20. The van der Waals surface area contributed by atoms with Crippen LogP contribution < -0.4 is 4.74 Å². The summed E-state index contributed by atoms with van der Waals surface area (Å²) in [6.45, 7) is 2.32. The van der Waals surface area contributed by atoms with Crippen molar-refractivity contribution in [3.05, 3.63) is 28.8 Å². The van der Waals surface area contributed by atoms with Crippen LogP contribution in [0.3, 0.4) is 0 Å². The zero-order chi connectivity index (χ0) is 12.4. The van der Waals surface area contributed by atoms with E-state index in [-0.39, 0.29) is 6.04 Å². The number of hydrogen-bond acceptors (Lipinski definition) is 4. The number of halogens is 1. The molecule has 4 nitrogen and oxygen atoms in total. The zero-order valence-corrected chi connectivity index (χ0v) is 10.4. The molecule has 0 N–H and O–H groups in total. The summed E-state index contributed by atoms with van der Waals surface area (Å²) in [7, 11) is 1.79. The molecular weight excluding hydrogens is 238 g/mol. The van der Waals surface area contributed by atoms with Crippen LogP contribution in [0, 0.1) is 11.3 Å². The van der Waals surface area contributed by atoms with Crippen LogP contribution in [0.1, 0.15) is 12.5 Å². The average Bonchev–Trinajstić information content (AvgIpc) is 2.36. The van der Waals surface area contributed by atoms with Crippen molar-refractivity contribution in [1.82, 2.24) is 4.90 Å². The number of benzene rings is 1. The van der Waals surface area contributed by atoms with Gasteiger partial charge in [0.05, 0.1) is 12.6 Å². The molecule has 1 aliphatic heterocycles. The predicted molar refractivity (Wildman–Crippen MR) is 66.1 cm³/mol. The van der Waals surface area contributed by atoms with Gasteiger partial charge in [0.15, 0.2) is 0 Å². The molecule has 88 valence electrons. The first kappa shape index (κ1) is 11.7. The van der Waals surface area contributed by atoms with Crippen molar-refractivity contribution in [2.24, 2.45) is 4.99 Å². The second-order valence-corrected chi connectivity index (χ2v) is 4.31. The maximum Gasteiger partial charge on any atom is 0.294 e. The molecule has 0 aromatic heterocycles. The number of rotatable bonds is 1. The van der Waals surface area contributed by atoms with Crippen LogP contribution >= 0.6 is 11.6 Å². The molecule has 1 aliphatic rings. The summed E-state index contributed by atoms with van der Waals surface area (Å²) in [5.41, 5.74) is 0.958. The molecule has 0 radical (unpaired) electrons. The van der Waals surface area contributed by atoms with Gasteiger partial charge < -0.3 is 9.64 Å². The van der Waals surface area contributed by atoms with Gasteiger partial charge in [-0.15, -0.1) is 0 Å². The molecule has 0 aliphatic carbocycles. The number of nitrogens with zero attached hydrogens (tertiary/aromatic N) is 3. The third-order valence-electron chi connectivity index (χ3n) is 2.68. The highest BCUT2D eigenvalue weighted by molar-refractivity contribution is 6.30. The molecule has 0 saturated carbocycles. The molecule has 1 aromatic carbocycles. The second kappa shape index (κ2) is 4.64. The molecule has 0 bridgehead atoms. The van der Waals surface area contributed by atoms with Crippen molar-refractivity contribution in [1.29, 1.82) is 5.26 Å². The Balaban J connectivity index is 2.21. The first-order valence-corrected chi connectivity index (χ1v) is 5.63. The molecule has 0 spiro atoms. The zero-order valence-electron chi connectivity index (χ0n) is 9.64. The second-order valence-electron chi connectivity index (χ2n) is 3.87. The SMILES string of the molecule is CC(C#N)N(C)C1=NCc2cc(Cl)ccc2O1. The van der Waals surface area contributed by atoms with Gasteiger partial charge in [0, 0.05) is 17.6 Å². The summed E-state index contributed by atoms with van der Waals surface area (Å²) in [5, 5.41) is 9.52. The molecule has 0 saturated heterocycles. The van der Waals surface area contributed by atoms with E-state index in [2.05, 4.69) is 11.1 Å². The fourth-order valence-electron chi connectivity index (χ4n) is 1.49. The van der Waals surface area contributed by atoms with Gasteiger partial charge >= 0.3 is 0 Å². The van der Waals surface area contributed by atoms with Crippen molar-refractivity contribution >= 4 is 17.6 Å². The minimum Gasteiger partial charge on any atom is -0.426 e. The smallest absolute Gasteiger partial charge is 0.294 e. The van der Waals surface area contributed by atoms with Crippen LogP contribution in [0.15, 0.2) is 23.2 Å². The number of amidine groups is 1. The minimum atomic E-state index is -0.275.